The summed E-state index contributed by atoms with van der Waals surface area (Å²) in [5.41, 5.74) is 1.29. The molecule has 0 saturated heterocycles. The lowest BCUT2D eigenvalue weighted by Gasteiger charge is -2.16. The number of aryl methyl sites for hydroxylation is 3. The molecule has 8 nitrogen and oxygen atoms in total. The van der Waals surface area contributed by atoms with Crippen LogP contribution < -0.4 is 15.8 Å². The number of para-hydroxylation sites is 2. The Labute approximate surface area is 163 Å². The second-order valence-corrected chi connectivity index (χ2v) is 6.90. The number of imidazole rings is 1. The maximum absolute atomic E-state index is 12.8. The minimum atomic E-state index is -0.188. The summed E-state index contributed by atoms with van der Waals surface area (Å²) in [5, 5.41) is 2.93. The van der Waals surface area contributed by atoms with Gasteiger partial charge in [0.1, 0.15) is 5.82 Å². The van der Waals surface area contributed by atoms with E-state index in [0.717, 1.165) is 29.8 Å². The SMILES string of the molecule is Cc1nccn1CCCNC(=O)CCn1c(=O)c(N(C)C)nc2ccccc21. The zero-order valence-electron chi connectivity index (χ0n) is 16.6. The Balaban J connectivity index is 1.61. The van der Waals surface area contributed by atoms with E-state index in [0.29, 0.717) is 18.9 Å². The fourth-order valence-corrected chi connectivity index (χ4v) is 3.11. The molecular formula is C20H26N6O2. The van der Waals surface area contributed by atoms with Crippen LogP contribution in [0.2, 0.25) is 0 Å². The monoisotopic (exact) mass is 382 g/mol. The van der Waals surface area contributed by atoms with Crippen molar-refractivity contribution >= 4 is 22.8 Å². The smallest absolute Gasteiger partial charge is 0.293 e. The lowest BCUT2D eigenvalue weighted by atomic mass is 10.2. The van der Waals surface area contributed by atoms with Gasteiger partial charge in [-0.3, -0.25) is 9.59 Å². The third kappa shape index (κ3) is 4.39. The fraction of sp³-hybridized carbons (Fsp3) is 0.400. The first-order valence-electron chi connectivity index (χ1n) is 9.38. The third-order valence-corrected chi connectivity index (χ3v) is 4.64. The average Bonchev–Trinajstić information content (AvgIpc) is 3.08. The van der Waals surface area contributed by atoms with Crippen LogP contribution in [0.4, 0.5) is 5.82 Å². The molecule has 0 saturated carbocycles. The molecule has 0 radical (unpaired) electrons. The van der Waals surface area contributed by atoms with E-state index in [2.05, 4.69) is 19.9 Å². The van der Waals surface area contributed by atoms with Crippen LogP contribution in [-0.4, -0.2) is 45.6 Å². The quantitative estimate of drug-likeness (QED) is 0.598. The first-order chi connectivity index (χ1) is 13.5. The van der Waals surface area contributed by atoms with Crippen molar-refractivity contribution in [2.45, 2.75) is 32.9 Å². The Bertz CT molecular complexity index is 1020. The standard InChI is InChI=1S/C20H26N6O2/c1-15-21-11-14-25(15)12-6-10-22-18(27)9-13-26-17-8-5-4-7-16(17)23-19(20(26)28)24(2)3/h4-5,7-8,11,14H,6,9-10,12-13H2,1-3H3,(H,22,27). The van der Waals surface area contributed by atoms with Gasteiger partial charge in [-0.05, 0) is 25.5 Å². The topological polar surface area (TPSA) is 85.0 Å². The van der Waals surface area contributed by atoms with Crippen LogP contribution in [0.1, 0.15) is 18.7 Å². The predicted octanol–water partition coefficient (Wildman–Crippen LogP) is 1.56. The molecular weight excluding hydrogens is 356 g/mol. The van der Waals surface area contributed by atoms with Gasteiger partial charge in [-0.2, -0.15) is 0 Å². The highest BCUT2D eigenvalue weighted by atomic mass is 16.2. The molecule has 1 amide bonds. The number of carbonyl (C=O) groups is 1. The van der Waals surface area contributed by atoms with Crippen molar-refractivity contribution < 1.29 is 4.79 Å². The zero-order chi connectivity index (χ0) is 20.1. The molecule has 0 fully saturated rings. The van der Waals surface area contributed by atoms with Crippen LogP contribution in [0.15, 0.2) is 41.5 Å². The summed E-state index contributed by atoms with van der Waals surface area (Å²) in [6.45, 7) is 3.67. The van der Waals surface area contributed by atoms with Crippen LogP contribution in [-0.2, 0) is 17.9 Å². The summed E-state index contributed by atoms with van der Waals surface area (Å²) in [7, 11) is 3.58. The predicted molar refractivity (Wildman–Crippen MR) is 110 cm³/mol. The third-order valence-electron chi connectivity index (χ3n) is 4.64. The van der Waals surface area contributed by atoms with Crippen molar-refractivity contribution in [1.29, 1.82) is 0 Å². The van der Waals surface area contributed by atoms with Crippen molar-refractivity contribution in [3.8, 4) is 0 Å². The first kappa shape index (κ1) is 19.6. The molecule has 8 heteroatoms. The number of fused-ring (bicyclic) bond motifs is 1. The van der Waals surface area contributed by atoms with Gasteiger partial charge in [-0.25, -0.2) is 9.97 Å². The van der Waals surface area contributed by atoms with Crippen LogP contribution in [0.5, 0.6) is 0 Å². The number of amides is 1. The first-order valence-corrected chi connectivity index (χ1v) is 9.38. The number of aromatic nitrogens is 4. The highest BCUT2D eigenvalue weighted by Crippen LogP contribution is 2.13. The molecule has 0 atom stereocenters. The number of hydrogen-bond acceptors (Lipinski definition) is 5. The normalized spacial score (nSPS) is 11.0. The van der Waals surface area contributed by atoms with E-state index in [1.807, 2.05) is 37.4 Å². The molecule has 0 aliphatic carbocycles. The van der Waals surface area contributed by atoms with E-state index >= 15 is 0 Å². The Morgan fingerprint density at radius 3 is 2.71 bits per heavy atom. The Hall–Kier alpha value is -3.16. The van der Waals surface area contributed by atoms with Crippen molar-refractivity contribution in [3.63, 3.8) is 0 Å². The molecule has 0 aliphatic rings. The molecule has 3 rings (SSSR count). The van der Waals surface area contributed by atoms with Gasteiger partial charge in [0.2, 0.25) is 5.91 Å². The van der Waals surface area contributed by atoms with Gasteiger partial charge in [0.05, 0.1) is 11.0 Å². The molecule has 0 aliphatic heterocycles. The summed E-state index contributed by atoms with van der Waals surface area (Å²) >= 11 is 0. The largest absolute Gasteiger partial charge is 0.358 e. The summed E-state index contributed by atoms with van der Waals surface area (Å²) in [6, 6.07) is 7.48. The molecule has 3 aromatic rings. The zero-order valence-corrected chi connectivity index (χ0v) is 16.6. The maximum Gasteiger partial charge on any atom is 0.293 e. The van der Waals surface area contributed by atoms with Crippen LogP contribution in [0, 0.1) is 6.92 Å². The summed E-state index contributed by atoms with van der Waals surface area (Å²) in [4.78, 5) is 35.3. The summed E-state index contributed by atoms with van der Waals surface area (Å²) in [5.74, 6) is 1.27. The summed E-state index contributed by atoms with van der Waals surface area (Å²) < 4.78 is 3.68. The molecule has 28 heavy (non-hydrogen) atoms. The average molecular weight is 382 g/mol. The lowest BCUT2D eigenvalue weighted by molar-refractivity contribution is -0.121. The van der Waals surface area contributed by atoms with Gasteiger partial charge >= 0.3 is 0 Å². The second kappa shape index (κ2) is 8.69. The van der Waals surface area contributed by atoms with Gasteiger partial charge in [-0.15, -0.1) is 0 Å². The Morgan fingerprint density at radius 1 is 1.21 bits per heavy atom. The molecule has 2 heterocycles. The number of nitrogens with one attached hydrogen (secondary N) is 1. The number of anilines is 1. The molecule has 0 bridgehead atoms. The van der Waals surface area contributed by atoms with Crippen molar-refractivity contribution in [2.75, 3.05) is 25.5 Å². The number of carbonyl (C=O) groups excluding carboxylic acids is 1. The number of hydrogen-bond donors (Lipinski definition) is 1. The highest BCUT2D eigenvalue weighted by molar-refractivity contribution is 5.78. The van der Waals surface area contributed by atoms with Crippen LogP contribution in [0.25, 0.3) is 11.0 Å². The molecule has 1 aromatic carbocycles. The van der Waals surface area contributed by atoms with Crippen molar-refractivity contribution in [3.05, 3.63) is 52.8 Å². The molecule has 148 valence electrons. The summed E-state index contributed by atoms with van der Waals surface area (Å²) in [6.07, 6.45) is 4.77. The van der Waals surface area contributed by atoms with Gasteiger partial charge in [-0.1, -0.05) is 12.1 Å². The minimum absolute atomic E-state index is 0.0680. The second-order valence-electron chi connectivity index (χ2n) is 6.90. The van der Waals surface area contributed by atoms with E-state index in [-0.39, 0.29) is 17.9 Å². The lowest BCUT2D eigenvalue weighted by Crippen LogP contribution is -2.31. The van der Waals surface area contributed by atoms with Crippen molar-refractivity contribution in [2.24, 2.45) is 0 Å². The van der Waals surface area contributed by atoms with Gasteiger partial charge in [0.15, 0.2) is 5.82 Å². The van der Waals surface area contributed by atoms with Gasteiger partial charge in [0, 0.05) is 52.5 Å². The number of nitrogens with zero attached hydrogens (tertiary/aromatic N) is 5. The number of rotatable bonds is 8. The van der Waals surface area contributed by atoms with Gasteiger partial charge < -0.3 is 19.4 Å². The Morgan fingerprint density at radius 2 is 2.00 bits per heavy atom. The molecule has 0 unspecified atom stereocenters. The van der Waals surface area contributed by atoms with E-state index in [9.17, 15) is 9.59 Å². The van der Waals surface area contributed by atoms with Crippen LogP contribution in [0.3, 0.4) is 0 Å². The van der Waals surface area contributed by atoms with E-state index in [1.54, 1.807) is 29.8 Å². The highest BCUT2D eigenvalue weighted by Gasteiger charge is 2.13. The molecule has 1 N–H and O–H groups in total. The number of benzene rings is 1. The Kier molecular flexibility index (Phi) is 6.08. The minimum Gasteiger partial charge on any atom is -0.358 e. The fourth-order valence-electron chi connectivity index (χ4n) is 3.11. The molecule has 2 aromatic heterocycles. The van der Waals surface area contributed by atoms with Gasteiger partial charge in [0.25, 0.3) is 5.56 Å². The van der Waals surface area contributed by atoms with E-state index < -0.39 is 0 Å². The van der Waals surface area contributed by atoms with E-state index in [4.69, 9.17) is 0 Å². The van der Waals surface area contributed by atoms with Crippen molar-refractivity contribution in [1.82, 2.24) is 24.4 Å². The maximum atomic E-state index is 12.8. The van der Waals surface area contributed by atoms with E-state index in [1.165, 1.54) is 0 Å². The van der Waals surface area contributed by atoms with Crippen LogP contribution >= 0.6 is 0 Å². The molecule has 0 spiro atoms.